The number of rotatable bonds is 8. The van der Waals surface area contributed by atoms with Crippen LogP contribution in [0.3, 0.4) is 0 Å². The number of imidazole rings is 1. The van der Waals surface area contributed by atoms with Gasteiger partial charge in [-0.25, -0.2) is 4.98 Å². The summed E-state index contributed by atoms with van der Waals surface area (Å²) in [6, 6.07) is 9.56. The van der Waals surface area contributed by atoms with Crippen molar-refractivity contribution in [2.24, 2.45) is 0 Å². The second-order valence-corrected chi connectivity index (χ2v) is 5.87. The van der Waals surface area contributed by atoms with Gasteiger partial charge in [0, 0.05) is 19.2 Å². The fraction of sp³-hybridized carbons (Fsp3) is 0.375. The summed E-state index contributed by atoms with van der Waals surface area (Å²) in [5.74, 6) is 0.829. The topological polar surface area (TPSA) is 106 Å². The number of fused-ring (bicyclic) bond motifs is 1. The Balaban J connectivity index is 1.98. The van der Waals surface area contributed by atoms with Crippen molar-refractivity contribution in [3.63, 3.8) is 0 Å². The molecule has 0 aliphatic rings. The van der Waals surface area contributed by atoms with Gasteiger partial charge in [0.15, 0.2) is 5.16 Å². The van der Waals surface area contributed by atoms with Crippen molar-refractivity contribution < 1.29 is 9.53 Å². The summed E-state index contributed by atoms with van der Waals surface area (Å²) in [6.45, 7) is 0.684. The molecule has 0 aliphatic heterocycles. The summed E-state index contributed by atoms with van der Waals surface area (Å²) in [7, 11) is 1.60. The average molecular weight is 343 g/mol. The standard InChI is InChI=1S/C16H17N5O2S/c1-23-12-4-5-13-14(10-12)20-16(19-13)24-11-15(22)21(8-2-6-17)9-3-7-18/h4-5,10H,2-3,8-9,11H2,1H3,(H,19,20). The molecule has 0 aliphatic carbocycles. The smallest absolute Gasteiger partial charge is 0.233 e. The highest BCUT2D eigenvalue weighted by atomic mass is 32.2. The maximum absolute atomic E-state index is 12.3. The molecule has 7 nitrogen and oxygen atoms in total. The van der Waals surface area contributed by atoms with Crippen molar-refractivity contribution in [1.29, 1.82) is 10.5 Å². The van der Waals surface area contributed by atoms with Gasteiger partial charge in [0.05, 0.1) is 48.9 Å². The van der Waals surface area contributed by atoms with Crippen LogP contribution in [0.4, 0.5) is 0 Å². The average Bonchev–Trinajstić information content (AvgIpc) is 3.01. The van der Waals surface area contributed by atoms with Crippen molar-refractivity contribution in [2.45, 2.75) is 18.0 Å². The molecule has 1 aromatic heterocycles. The Kier molecular flexibility index (Phi) is 6.47. The molecule has 2 rings (SSSR count). The van der Waals surface area contributed by atoms with Crippen LogP contribution in [0.25, 0.3) is 11.0 Å². The van der Waals surface area contributed by atoms with E-state index in [1.165, 1.54) is 11.8 Å². The quantitative estimate of drug-likeness (QED) is 0.737. The molecular weight excluding hydrogens is 326 g/mol. The van der Waals surface area contributed by atoms with Crippen LogP contribution in [0.2, 0.25) is 0 Å². The van der Waals surface area contributed by atoms with Crippen LogP contribution < -0.4 is 4.74 Å². The molecule has 124 valence electrons. The molecule has 1 aromatic carbocycles. The van der Waals surface area contributed by atoms with Gasteiger partial charge in [0.1, 0.15) is 5.75 Å². The van der Waals surface area contributed by atoms with Gasteiger partial charge in [-0.05, 0) is 12.1 Å². The molecule has 0 radical (unpaired) electrons. The number of carbonyl (C=O) groups excluding carboxylic acids is 1. The predicted molar refractivity (Wildman–Crippen MR) is 90.4 cm³/mol. The summed E-state index contributed by atoms with van der Waals surface area (Å²) in [5, 5.41) is 18.0. The van der Waals surface area contributed by atoms with Gasteiger partial charge in [0.25, 0.3) is 0 Å². The molecule has 0 bridgehead atoms. The zero-order chi connectivity index (χ0) is 17.4. The van der Waals surface area contributed by atoms with Crippen molar-refractivity contribution in [3.05, 3.63) is 18.2 Å². The van der Waals surface area contributed by atoms with Gasteiger partial charge in [-0.3, -0.25) is 4.79 Å². The molecule has 8 heteroatoms. The number of hydrogen-bond acceptors (Lipinski definition) is 6. The Morgan fingerprint density at radius 1 is 1.33 bits per heavy atom. The van der Waals surface area contributed by atoms with Gasteiger partial charge in [0.2, 0.25) is 5.91 Å². The Bertz CT molecular complexity index is 772. The van der Waals surface area contributed by atoms with Crippen LogP contribution in [-0.2, 0) is 4.79 Å². The summed E-state index contributed by atoms with van der Waals surface area (Å²) >= 11 is 1.30. The third kappa shape index (κ3) is 4.64. The number of benzene rings is 1. The Hall–Kier alpha value is -2.71. The van der Waals surface area contributed by atoms with Crippen molar-refractivity contribution >= 4 is 28.7 Å². The highest BCUT2D eigenvalue weighted by Gasteiger charge is 2.14. The molecule has 2 aromatic rings. The first kappa shape index (κ1) is 17.6. The molecule has 0 spiro atoms. The fourth-order valence-electron chi connectivity index (χ4n) is 2.11. The Morgan fingerprint density at radius 3 is 2.67 bits per heavy atom. The minimum Gasteiger partial charge on any atom is -0.497 e. The molecule has 0 atom stereocenters. The van der Waals surface area contributed by atoms with Crippen LogP contribution in [-0.4, -0.2) is 46.7 Å². The van der Waals surface area contributed by atoms with E-state index in [4.69, 9.17) is 15.3 Å². The van der Waals surface area contributed by atoms with Gasteiger partial charge in [-0.15, -0.1) is 0 Å². The lowest BCUT2D eigenvalue weighted by atomic mass is 10.3. The third-order valence-corrected chi connectivity index (χ3v) is 4.20. The molecule has 1 N–H and O–H groups in total. The number of hydrogen-bond donors (Lipinski definition) is 1. The number of thioether (sulfide) groups is 1. The zero-order valence-corrected chi connectivity index (χ0v) is 14.1. The molecule has 24 heavy (non-hydrogen) atoms. The number of ether oxygens (including phenoxy) is 1. The first-order chi connectivity index (χ1) is 11.7. The van der Waals surface area contributed by atoms with Gasteiger partial charge in [-0.2, -0.15) is 10.5 Å². The molecular formula is C16H17N5O2S. The van der Waals surface area contributed by atoms with E-state index in [2.05, 4.69) is 9.97 Å². The second kappa shape index (κ2) is 8.80. The summed E-state index contributed by atoms with van der Waals surface area (Å²) in [5.41, 5.74) is 1.65. The predicted octanol–water partition coefficient (Wildman–Crippen LogP) is 2.32. The first-order valence-corrected chi connectivity index (χ1v) is 8.34. The third-order valence-electron chi connectivity index (χ3n) is 3.34. The fourth-order valence-corrected chi connectivity index (χ4v) is 2.90. The monoisotopic (exact) mass is 343 g/mol. The van der Waals surface area contributed by atoms with Crippen LogP contribution in [0.5, 0.6) is 5.75 Å². The SMILES string of the molecule is COc1ccc2nc(SCC(=O)N(CCC#N)CCC#N)[nH]c2c1. The van der Waals surface area contributed by atoms with E-state index < -0.39 is 0 Å². The lowest BCUT2D eigenvalue weighted by Crippen LogP contribution is -2.34. The lowest BCUT2D eigenvalue weighted by molar-refractivity contribution is -0.128. The zero-order valence-electron chi connectivity index (χ0n) is 13.3. The summed E-state index contributed by atoms with van der Waals surface area (Å²) in [6.07, 6.45) is 0.512. The largest absolute Gasteiger partial charge is 0.497 e. The highest BCUT2D eigenvalue weighted by Crippen LogP contribution is 2.23. The Morgan fingerprint density at radius 2 is 2.04 bits per heavy atom. The molecule has 1 heterocycles. The number of aromatic amines is 1. The normalized spacial score (nSPS) is 10.1. The van der Waals surface area contributed by atoms with Crippen LogP contribution in [0, 0.1) is 22.7 Å². The summed E-state index contributed by atoms with van der Waals surface area (Å²) < 4.78 is 5.17. The molecule has 0 saturated carbocycles. The van der Waals surface area contributed by atoms with Gasteiger partial charge >= 0.3 is 0 Å². The maximum atomic E-state index is 12.3. The number of carbonyl (C=O) groups is 1. The van der Waals surface area contributed by atoms with Crippen molar-refractivity contribution in [1.82, 2.24) is 14.9 Å². The van der Waals surface area contributed by atoms with Crippen LogP contribution >= 0.6 is 11.8 Å². The van der Waals surface area contributed by atoms with Gasteiger partial charge < -0.3 is 14.6 Å². The van der Waals surface area contributed by atoms with Crippen molar-refractivity contribution in [2.75, 3.05) is 26.0 Å². The molecule has 0 unspecified atom stereocenters. The van der Waals surface area contributed by atoms with E-state index in [-0.39, 0.29) is 24.5 Å². The van der Waals surface area contributed by atoms with E-state index in [0.717, 1.165) is 16.8 Å². The number of aromatic nitrogens is 2. The number of nitriles is 2. The van der Waals surface area contributed by atoms with Crippen molar-refractivity contribution in [3.8, 4) is 17.9 Å². The second-order valence-electron chi connectivity index (χ2n) is 4.91. The minimum absolute atomic E-state index is 0.108. The highest BCUT2D eigenvalue weighted by molar-refractivity contribution is 7.99. The number of amides is 1. The summed E-state index contributed by atoms with van der Waals surface area (Å²) in [4.78, 5) is 21.4. The number of nitrogens with one attached hydrogen (secondary N) is 1. The minimum atomic E-state index is -0.108. The van der Waals surface area contributed by atoms with Crippen LogP contribution in [0.15, 0.2) is 23.4 Å². The van der Waals surface area contributed by atoms with E-state index in [9.17, 15) is 4.79 Å². The molecule has 0 saturated heterocycles. The first-order valence-electron chi connectivity index (χ1n) is 7.36. The molecule has 0 fully saturated rings. The van der Waals surface area contributed by atoms with E-state index in [1.807, 2.05) is 30.3 Å². The number of H-pyrrole nitrogens is 1. The van der Waals surface area contributed by atoms with E-state index in [0.29, 0.717) is 18.2 Å². The lowest BCUT2D eigenvalue weighted by Gasteiger charge is -2.19. The van der Waals surface area contributed by atoms with E-state index in [1.54, 1.807) is 12.0 Å². The Labute approximate surface area is 144 Å². The van der Waals surface area contributed by atoms with Gasteiger partial charge in [-0.1, -0.05) is 11.8 Å². The van der Waals surface area contributed by atoms with Crippen LogP contribution in [0.1, 0.15) is 12.8 Å². The number of methoxy groups -OCH3 is 1. The van der Waals surface area contributed by atoms with E-state index >= 15 is 0 Å². The molecule has 1 amide bonds. The maximum Gasteiger partial charge on any atom is 0.233 e. The number of nitrogens with zero attached hydrogens (tertiary/aromatic N) is 4.